The average molecular weight is 529 g/mol. The Hall–Kier alpha value is -2.60. The van der Waals surface area contributed by atoms with E-state index >= 15 is 0 Å². The first kappa shape index (κ1) is 26.0. The van der Waals surface area contributed by atoms with Crippen molar-refractivity contribution in [3.05, 3.63) is 41.3 Å². The van der Waals surface area contributed by atoms with Crippen molar-refractivity contribution in [3.63, 3.8) is 0 Å². The number of ether oxygens (including phenoxy) is 1. The normalized spacial score (nSPS) is 20.1. The molecule has 5 rings (SSSR count). The second kappa shape index (κ2) is 10.6. The van der Waals surface area contributed by atoms with E-state index in [0.29, 0.717) is 38.0 Å². The van der Waals surface area contributed by atoms with Gasteiger partial charge in [-0.2, -0.15) is 5.10 Å². The van der Waals surface area contributed by atoms with Gasteiger partial charge in [0, 0.05) is 37.3 Å². The number of aliphatic hydroxyl groups excluding tert-OH is 1. The van der Waals surface area contributed by atoms with Gasteiger partial charge in [-0.1, -0.05) is 0 Å². The Balaban J connectivity index is 1.40. The minimum Gasteiger partial charge on any atom is -0.394 e. The minimum absolute atomic E-state index is 0.0179. The second-order valence-corrected chi connectivity index (χ2v) is 12.6. The van der Waals surface area contributed by atoms with Gasteiger partial charge in [-0.25, -0.2) is 23.1 Å². The lowest BCUT2D eigenvalue weighted by Gasteiger charge is -2.33. The summed E-state index contributed by atoms with van der Waals surface area (Å²) in [5, 5.41) is 15.3. The lowest BCUT2D eigenvalue weighted by Crippen LogP contribution is -2.44. The number of hydrogen-bond acceptors (Lipinski definition) is 9. The van der Waals surface area contributed by atoms with Crippen LogP contribution in [0.3, 0.4) is 0 Å². The van der Waals surface area contributed by atoms with Crippen molar-refractivity contribution in [2.24, 2.45) is 0 Å². The summed E-state index contributed by atoms with van der Waals surface area (Å²) in [6.45, 7) is 8.27. The van der Waals surface area contributed by atoms with Gasteiger partial charge < -0.3 is 19.6 Å². The molecule has 1 aromatic carbocycles. The van der Waals surface area contributed by atoms with Gasteiger partial charge in [-0.05, 0) is 69.0 Å². The molecular formula is C26H36N6O4S. The van der Waals surface area contributed by atoms with Gasteiger partial charge >= 0.3 is 0 Å². The minimum atomic E-state index is -2.94. The molecule has 37 heavy (non-hydrogen) atoms. The zero-order valence-corrected chi connectivity index (χ0v) is 22.6. The van der Waals surface area contributed by atoms with Crippen LogP contribution in [0.25, 0.3) is 16.7 Å². The number of aliphatic hydroxyl groups is 1. The zero-order chi connectivity index (χ0) is 26.2. The van der Waals surface area contributed by atoms with Crippen LogP contribution in [0, 0.1) is 13.8 Å². The highest BCUT2D eigenvalue weighted by Gasteiger charge is 2.25. The molecule has 4 heterocycles. The second-order valence-electron chi connectivity index (χ2n) is 10.3. The molecule has 2 aromatic heterocycles. The number of benzene rings is 1. The Labute approximate surface area is 218 Å². The maximum Gasteiger partial charge on any atom is 0.159 e. The molecule has 2 aliphatic rings. The molecule has 0 aliphatic carbocycles. The summed E-state index contributed by atoms with van der Waals surface area (Å²) < 4.78 is 30.6. The van der Waals surface area contributed by atoms with Gasteiger partial charge in [0.15, 0.2) is 5.82 Å². The number of rotatable bonds is 7. The molecule has 3 aromatic rings. The van der Waals surface area contributed by atoms with Crippen molar-refractivity contribution >= 4 is 26.6 Å². The summed E-state index contributed by atoms with van der Waals surface area (Å²) in [5.74, 6) is 2.83. The van der Waals surface area contributed by atoms with Gasteiger partial charge in [0.05, 0.1) is 36.8 Å². The lowest BCUT2D eigenvalue weighted by molar-refractivity contribution is 0.00335. The molecule has 2 fully saturated rings. The van der Waals surface area contributed by atoms with Gasteiger partial charge in [0.1, 0.15) is 21.5 Å². The summed E-state index contributed by atoms with van der Waals surface area (Å²) in [5.41, 5.74) is 3.59. The largest absolute Gasteiger partial charge is 0.394 e. The fraction of sp³-hybridized carbons (Fsp3) is 0.577. The fourth-order valence-electron chi connectivity index (χ4n) is 5.43. The van der Waals surface area contributed by atoms with Crippen LogP contribution in [0.5, 0.6) is 0 Å². The molecule has 0 spiro atoms. The summed E-state index contributed by atoms with van der Waals surface area (Å²) in [6.07, 6.45) is 4.97. The highest BCUT2D eigenvalue weighted by atomic mass is 32.2. The molecule has 0 radical (unpaired) electrons. The molecule has 0 amide bonds. The summed E-state index contributed by atoms with van der Waals surface area (Å²) in [7, 11) is -2.94. The molecule has 11 heteroatoms. The third-order valence-electron chi connectivity index (χ3n) is 7.46. The van der Waals surface area contributed by atoms with E-state index in [0.717, 1.165) is 48.5 Å². The maximum atomic E-state index is 11.6. The van der Waals surface area contributed by atoms with Crippen molar-refractivity contribution in [2.45, 2.75) is 38.7 Å². The molecule has 2 aliphatic heterocycles. The molecule has 0 bridgehead atoms. The van der Waals surface area contributed by atoms with Crippen molar-refractivity contribution in [2.75, 3.05) is 62.8 Å². The highest BCUT2D eigenvalue weighted by molar-refractivity contribution is 7.90. The summed E-state index contributed by atoms with van der Waals surface area (Å²) in [6, 6.07) is 6.41. The standard InChI is InChI=1S/C26H36N6O4S/c1-18-12-21-15-27-32(26-14-25(28-19(2)29-26)31-8-10-36-22(16-31)17-33)24(21)13-23(18)20-4-6-30(7-5-20)9-11-37(3,34)35/h12-15,20,22,33H,4-11,16-17H2,1-3H3/t22-/m1/s1. The average Bonchev–Trinajstić information content (AvgIpc) is 3.29. The van der Waals surface area contributed by atoms with Crippen molar-refractivity contribution < 1.29 is 18.3 Å². The first-order valence-corrected chi connectivity index (χ1v) is 15.0. The number of morpholine rings is 1. The maximum absolute atomic E-state index is 11.6. The topological polar surface area (TPSA) is 114 Å². The van der Waals surface area contributed by atoms with E-state index in [1.54, 1.807) is 0 Å². The molecule has 200 valence electrons. The number of nitrogens with zero attached hydrogens (tertiary/aromatic N) is 6. The Morgan fingerprint density at radius 1 is 1.08 bits per heavy atom. The van der Waals surface area contributed by atoms with Crippen LogP contribution in [0.2, 0.25) is 0 Å². The van der Waals surface area contributed by atoms with E-state index < -0.39 is 9.84 Å². The Bertz CT molecular complexity index is 1370. The van der Waals surface area contributed by atoms with Gasteiger partial charge in [0.2, 0.25) is 0 Å². The van der Waals surface area contributed by atoms with Crippen LogP contribution in [0.1, 0.15) is 35.7 Å². The Morgan fingerprint density at radius 3 is 2.57 bits per heavy atom. The van der Waals surface area contributed by atoms with Gasteiger partial charge in [0.25, 0.3) is 0 Å². The van der Waals surface area contributed by atoms with Crippen LogP contribution in [-0.2, 0) is 14.6 Å². The number of anilines is 1. The monoisotopic (exact) mass is 528 g/mol. The number of aryl methyl sites for hydroxylation is 2. The molecule has 1 N–H and O–H groups in total. The third-order valence-corrected chi connectivity index (χ3v) is 8.38. The number of piperidine rings is 1. The number of hydrogen-bond donors (Lipinski definition) is 1. The number of sulfone groups is 1. The van der Waals surface area contributed by atoms with Crippen LogP contribution < -0.4 is 4.90 Å². The fourth-order valence-corrected chi connectivity index (χ4v) is 6.02. The molecule has 1 atom stereocenters. The number of fused-ring (bicyclic) bond motifs is 1. The zero-order valence-electron chi connectivity index (χ0n) is 21.8. The third kappa shape index (κ3) is 5.95. The summed E-state index contributed by atoms with van der Waals surface area (Å²) in [4.78, 5) is 13.7. The predicted molar refractivity (Wildman–Crippen MR) is 143 cm³/mol. The Morgan fingerprint density at radius 2 is 1.84 bits per heavy atom. The van der Waals surface area contributed by atoms with E-state index in [1.807, 2.05) is 23.9 Å². The lowest BCUT2D eigenvalue weighted by atomic mass is 9.86. The predicted octanol–water partition coefficient (Wildman–Crippen LogP) is 1.85. The molecular weight excluding hydrogens is 492 g/mol. The highest BCUT2D eigenvalue weighted by Crippen LogP contribution is 2.33. The van der Waals surface area contributed by atoms with Crippen molar-refractivity contribution in [1.29, 1.82) is 0 Å². The van der Waals surface area contributed by atoms with E-state index in [-0.39, 0.29) is 18.5 Å². The summed E-state index contributed by atoms with van der Waals surface area (Å²) >= 11 is 0. The van der Waals surface area contributed by atoms with Gasteiger partial charge in [-0.15, -0.1) is 0 Å². The van der Waals surface area contributed by atoms with Crippen LogP contribution in [0.4, 0.5) is 5.82 Å². The first-order chi connectivity index (χ1) is 17.7. The van der Waals surface area contributed by atoms with Gasteiger partial charge in [-0.3, -0.25) is 0 Å². The number of likely N-dealkylation sites (tertiary alicyclic amines) is 1. The first-order valence-electron chi connectivity index (χ1n) is 12.9. The smallest absolute Gasteiger partial charge is 0.159 e. The molecule has 0 unspecified atom stereocenters. The Kier molecular flexibility index (Phi) is 7.49. The van der Waals surface area contributed by atoms with Crippen LogP contribution in [0.15, 0.2) is 24.4 Å². The van der Waals surface area contributed by atoms with E-state index in [1.165, 1.54) is 17.4 Å². The molecule has 10 nitrogen and oxygen atoms in total. The van der Waals surface area contributed by atoms with Crippen molar-refractivity contribution in [3.8, 4) is 5.82 Å². The van der Waals surface area contributed by atoms with Crippen molar-refractivity contribution in [1.82, 2.24) is 24.6 Å². The van der Waals surface area contributed by atoms with E-state index in [2.05, 4.69) is 38.9 Å². The van der Waals surface area contributed by atoms with E-state index in [9.17, 15) is 13.5 Å². The van der Waals surface area contributed by atoms with E-state index in [4.69, 9.17) is 9.72 Å². The molecule has 0 saturated carbocycles. The number of aromatic nitrogens is 4. The van der Waals surface area contributed by atoms with Crippen LogP contribution >= 0.6 is 0 Å². The van der Waals surface area contributed by atoms with Crippen LogP contribution in [-0.4, -0.2) is 102 Å². The SMILES string of the molecule is Cc1nc(N2CCO[C@@H](CO)C2)cc(-n2ncc3cc(C)c(C4CCN(CCS(C)(=O)=O)CC4)cc32)n1. The molecule has 2 saturated heterocycles. The quantitative estimate of drug-likeness (QED) is 0.491.